The number of benzene rings is 3. The highest BCUT2D eigenvalue weighted by molar-refractivity contribution is 5.77. The van der Waals surface area contributed by atoms with Crippen LogP contribution in [0.4, 0.5) is 0 Å². The van der Waals surface area contributed by atoms with Crippen molar-refractivity contribution < 1.29 is 0 Å². The van der Waals surface area contributed by atoms with Crippen molar-refractivity contribution in [3.05, 3.63) is 104 Å². The van der Waals surface area contributed by atoms with Gasteiger partial charge in [0.15, 0.2) is 0 Å². The van der Waals surface area contributed by atoms with Gasteiger partial charge in [-0.05, 0) is 104 Å². The number of hydrogen-bond donors (Lipinski definition) is 0. The van der Waals surface area contributed by atoms with E-state index in [9.17, 15) is 0 Å². The minimum Gasteiger partial charge on any atom is -0.0590 e. The van der Waals surface area contributed by atoms with Gasteiger partial charge < -0.3 is 0 Å². The fourth-order valence-corrected chi connectivity index (χ4v) is 3.68. The van der Waals surface area contributed by atoms with E-state index < -0.39 is 0 Å². The molecule has 0 unspecified atom stereocenters. The van der Waals surface area contributed by atoms with E-state index in [-0.39, 0.29) is 0 Å². The second-order valence-electron chi connectivity index (χ2n) is 8.39. The van der Waals surface area contributed by atoms with E-state index in [2.05, 4.69) is 115 Å². The van der Waals surface area contributed by atoms with Gasteiger partial charge in [0.1, 0.15) is 0 Å². The summed E-state index contributed by atoms with van der Waals surface area (Å²) in [4.78, 5) is 0. The van der Waals surface area contributed by atoms with Gasteiger partial charge in [0.2, 0.25) is 0 Å². The molecule has 0 nitrogen and oxygen atoms in total. The average molecular weight is 381 g/mol. The molecule has 0 aliphatic heterocycles. The summed E-state index contributed by atoms with van der Waals surface area (Å²) in [5.41, 5.74) is 14.4. The predicted octanol–water partition coefficient (Wildman–Crippen LogP) is 8.19. The molecule has 0 amide bonds. The molecule has 0 radical (unpaired) electrons. The molecule has 3 aromatic rings. The zero-order valence-electron chi connectivity index (χ0n) is 18.9. The molecule has 0 spiro atoms. The van der Waals surface area contributed by atoms with Gasteiger partial charge in [-0.2, -0.15) is 0 Å². The van der Waals surface area contributed by atoms with Crippen LogP contribution in [-0.4, -0.2) is 0 Å². The first-order valence-electron chi connectivity index (χ1n) is 10.4. The van der Waals surface area contributed by atoms with Crippen molar-refractivity contribution in [3.63, 3.8) is 0 Å². The van der Waals surface area contributed by atoms with E-state index >= 15 is 0 Å². The smallest absolute Gasteiger partial charge is 0.0224 e. The SMILES string of the molecule is Cc1ccc(C)c(/C=C/c2cc(C)c(/C=C/c3cc(C)c(C)cc3C)cc2C)c1. The molecule has 148 valence electrons. The Labute approximate surface area is 176 Å². The van der Waals surface area contributed by atoms with Crippen LogP contribution in [0.1, 0.15) is 61.2 Å². The van der Waals surface area contributed by atoms with Gasteiger partial charge in [0.25, 0.3) is 0 Å². The van der Waals surface area contributed by atoms with Crippen molar-refractivity contribution >= 4 is 24.3 Å². The van der Waals surface area contributed by atoms with Gasteiger partial charge >= 0.3 is 0 Å². The quantitative estimate of drug-likeness (QED) is 0.400. The number of aryl methyl sites for hydroxylation is 7. The Kier molecular flexibility index (Phi) is 6.23. The molecular weight excluding hydrogens is 348 g/mol. The molecule has 0 fully saturated rings. The molecule has 0 N–H and O–H groups in total. The molecule has 0 heterocycles. The van der Waals surface area contributed by atoms with Crippen molar-refractivity contribution in [2.75, 3.05) is 0 Å². The molecule has 0 aliphatic rings. The molecule has 0 aromatic heterocycles. The van der Waals surface area contributed by atoms with Crippen molar-refractivity contribution in [1.82, 2.24) is 0 Å². The Hall–Kier alpha value is -2.86. The topological polar surface area (TPSA) is 0 Å². The molecule has 3 rings (SSSR count). The first kappa shape index (κ1) is 20.9. The molecule has 0 bridgehead atoms. The van der Waals surface area contributed by atoms with E-state index in [1.54, 1.807) is 0 Å². The fraction of sp³-hybridized carbons (Fsp3) is 0.241. The lowest BCUT2D eigenvalue weighted by Gasteiger charge is -2.09. The van der Waals surface area contributed by atoms with Crippen LogP contribution in [0.2, 0.25) is 0 Å². The number of rotatable bonds is 4. The van der Waals surface area contributed by atoms with Crippen LogP contribution in [0.25, 0.3) is 24.3 Å². The monoisotopic (exact) mass is 380 g/mol. The van der Waals surface area contributed by atoms with Gasteiger partial charge in [-0.3, -0.25) is 0 Å². The standard InChI is InChI=1S/C29H32/c1-19-8-9-20(2)26(14-19)10-11-28-17-25(7)29(18-24(28)6)13-12-27-16-22(4)21(3)15-23(27)5/h8-18H,1-7H3/b11-10+,13-12+. The summed E-state index contributed by atoms with van der Waals surface area (Å²) in [6, 6.07) is 15.8. The van der Waals surface area contributed by atoms with Gasteiger partial charge in [0.05, 0.1) is 0 Å². The molecule has 0 aliphatic carbocycles. The minimum absolute atomic E-state index is 1.28. The van der Waals surface area contributed by atoms with E-state index in [4.69, 9.17) is 0 Å². The third kappa shape index (κ3) is 4.95. The van der Waals surface area contributed by atoms with Gasteiger partial charge in [-0.1, -0.05) is 72.3 Å². The highest BCUT2D eigenvalue weighted by Crippen LogP contribution is 2.23. The molecule has 3 aromatic carbocycles. The largest absolute Gasteiger partial charge is 0.0590 e. The summed E-state index contributed by atoms with van der Waals surface area (Å²) in [5, 5.41) is 0. The zero-order valence-corrected chi connectivity index (χ0v) is 18.9. The van der Waals surface area contributed by atoms with E-state index in [0.29, 0.717) is 0 Å². The lowest BCUT2D eigenvalue weighted by molar-refractivity contribution is 1.29. The van der Waals surface area contributed by atoms with Crippen LogP contribution in [0.3, 0.4) is 0 Å². The minimum atomic E-state index is 1.28. The zero-order chi connectivity index (χ0) is 21.1. The lowest BCUT2D eigenvalue weighted by Crippen LogP contribution is -1.90. The summed E-state index contributed by atoms with van der Waals surface area (Å²) in [6.45, 7) is 15.2. The summed E-state index contributed by atoms with van der Waals surface area (Å²) in [7, 11) is 0. The third-order valence-electron chi connectivity index (χ3n) is 5.86. The van der Waals surface area contributed by atoms with Gasteiger partial charge in [-0.15, -0.1) is 0 Å². The van der Waals surface area contributed by atoms with Crippen LogP contribution >= 0.6 is 0 Å². The second-order valence-corrected chi connectivity index (χ2v) is 8.39. The maximum absolute atomic E-state index is 2.30. The van der Waals surface area contributed by atoms with Crippen LogP contribution in [0.5, 0.6) is 0 Å². The molecule has 0 heteroatoms. The van der Waals surface area contributed by atoms with E-state index in [1.807, 2.05) is 0 Å². The maximum atomic E-state index is 2.30. The Balaban J connectivity index is 1.89. The molecule has 0 atom stereocenters. The predicted molar refractivity (Wildman–Crippen MR) is 130 cm³/mol. The fourth-order valence-electron chi connectivity index (χ4n) is 3.68. The maximum Gasteiger partial charge on any atom is -0.0224 e. The molecule has 0 saturated carbocycles. The molecule has 0 saturated heterocycles. The lowest BCUT2D eigenvalue weighted by atomic mass is 9.96. The Morgan fingerprint density at radius 3 is 1.28 bits per heavy atom. The summed E-state index contributed by atoms with van der Waals surface area (Å²) < 4.78 is 0. The van der Waals surface area contributed by atoms with Gasteiger partial charge in [0, 0.05) is 0 Å². The summed E-state index contributed by atoms with van der Waals surface area (Å²) in [5.74, 6) is 0. The van der Waals surface area contributed by atoms with Crippen molar-refractivity contribution in [1.29, 1.82) is 0 Å². The van der Waals surface area contributed by atoms with Crippen molar-refractivity contribution in [2.45, 2.75) is 48.5 Å². The van der Waals surface area contributed by atoms with Gasteiger partial charge in [-0.25, -0.2) is 0 Å². The van der Waals surface area contributed by atoms with Crippen LogP contribution in [0, 0.1) is 48.5 Å². The summed E-state index contributed by atoms with van der Waals surface area (Å²) in [6.07, 6.45) is 8.97. The first-order chi connectivity index (χ1) is 13.7. The Bertz CT molecular complexity index is 1110. The van der Waals surface area contributed by atoms with E-state index in [1.165, 1.54) is 61.2 Å². The summed E-state index contributed by atoms with van der Waals surface area (Å²) >= 11 is 0. The average Bonchev–Trinajstić information content (AvgIpc) is 2.67. The van der Waals surface area contributed by atoms with Crippen molar-refractivity contribution in [2.24, 2.45) is 0 Å². The normalized spacial score (nSPS) is 11.7. The molecular formula is C29H32. The third-order valence-corrected chi connectivity index (χ3v) is 5.86. The Morgan fingerprint density at radius 2 is 0.759 bits per heavy atom. The van der Waals surface area contributed by atoms with Crippen molar-refractivity contribution in [3.8, 4) is 0 Å². The molecule has 29 heavy (non-hydrogen) atoms. The second kappa shape index (κ2) is 8.66. The first-order valence-corrected chi connectivity index (χ1v) is 10.4. The van der Waals surface area contributed by atoms with Crippen LogP contribution in [0.15, 0.2) is 42.5 Å². The van der Waals surface area contributed by atoms with Crippen LogP contribution < -0.4 is 0 Å². The highest BCUT2D eigenvalue weighted by Gasteiger charge is 2.03. The van der Waals surface area contributed by atoms with Crippen LogP contribution in [-0.2, 0) is 0 Å². The van der Waals surface area contributed by atoms with E-state index in [0.717, 1.165) is 0 Å². The highest BCUT2D eigenvalue weighted by atomic mass is 14.1. The number of hydrogen-bond acceptors (Lipinski definition) is 0. The Morgan fingerprint density at radius 1 is 0.379 bits per heavy atom.